The third-order valence-corrected chi connectivity index (χ3v) is 5.33. The molecule has 6 heteroatoms. The first-order valence-electron chi connectivity index (χ1n) is 9.97. The normalized spacial score (nSPS) is 22.2. The smallest absolute Gasteiger partial charge is 0.217 e. The Morgan fingerprint density at radius 3 is 2.03 bits per heavy atom. The van der Waals surface area contributed by atoms with E-state index in [-0.39, 0.29) is 18.1 Å². The molecule has 2 aromatic carbocycles. The van der Waals surface area contributed by atoms with Gasteiger partial charge in [0.05, 0.1) is 6.04 Å². The van der Waals surface area contributed by atoms with Crippen molar-refractivity contribution in [2.45, 2.75) is 31.8 Å². The molecule has 152 valence electrons. The van der Waals surface area contributed by atoms with Gasteiger partial charge in [0.1, 0.15) is 5.76 Å². The number of nitrogens with one attached hydrogen (secondary N) is 1. The Kier molecular flexibility index (Phi) is 5.71. The maximum Gasteiger partial charge on any atom is 0.217 e. The Morgan fingerprint density at radius 1 is 1.00 bits per heavy atom. The van der Waals surface area contributed by atoms with E-state index in [1.54, 1.807) is 7.11 Å². The number of hydrogen-bond donors (Lipinski definition) is 1. The number of carbonyl (C=O) groups is 1. The summed E-state index contributed by atoms with van der Waals surface area (Å²) in [7, 11) is 1.64. The van der Waals surface area contributed by atoms with E-state index in [1.165, 1.54) is 6.92 Å². The second-order valence-electron chi connectivity index (χ2n) is 7.33. The number of rotatable bonds is 5. The molecule has 29 heavy (non-hydrogen) atoms. The van der Waals surface area contributed by atoms with Gasteiger partial charge in [0, 0.05) is 44.9 Å². The second-order valence-corrected chi connectivity index (χ2v) is 7.33. The highest BCUT2D eigenvalue weighted by molar-refractivity contribution is 5.73. The summed E-state index contributed by atoms with van der Waals surface area (Å²) >= 11 is 0. The van der Waals surface area contributed by atoms with Crippen LogP contribution >= 0.6 is 0 Å². The fraction of sp³-hybridized carbons (Fsp3) is 0.348. The Balaban J connectivity index is 1.73. The molecule has 4 rings (SSSR count). The molecule has 0 unspecified atom stereocenters. The molecule has 2 heterocycles. The van der Waals surface area contributed by atoms with Gasteiger partial charge in [-0.15, -0.1) is 0 Å². The molecule has 2 aromatic rings. The minimum absolute atomic E-state index is 0.0615. The van der Waals surface area contributed by atoms with Crippen molar-refractivity contribution in [2.75, 3.05) is 30.0 Å². The highest BCUT2D eigenvalue weighted by Gasteiger charge is 2.39. The van der Waals surface area contributed by atoms with Crippen molar-refractivity contribution in [1.82, 2.24) is 5.32 Å². The van der Waals surface area contributed by atoms with Crippen molar-refractivity contribution < 1.29 is 14.3 Å². The number of hydrogen-bond acceptors (Lipinski definition) is 5. The lowest BCUT2D eigenvalue weighted by molar-refractivity contribution is -0.124. The average Bonchev–Trinajstić information content (AvgIpc) is 3.19. The Bertz CT molecular complexity index is 809. The highest BCUT2D eigenvalue weighted by atomic mass is 16.7. The van der Waals surface area contributed by atoms with Crippen molar-refractivity contribution in [1.29, 1.82) is 0 Å². The number of amides is 1. The molecule has 6 nitrogen and oxygen atoms in total. The van der Waals surface area contributed by atoms with Crippen LogP contribution in [-0.4, -0.2) is 44.6 Å². The van der Waals surface area contributed by atoms with Gasteiger partial charge in [-0.2, -0.15) is 0 Å². The standard InChI is InChI=1S/C23H27N3O3/c1-17(27)24-18-15-21(29-22(16-18)28-2)23-25(19-9-5-3-6-10-19)13-14-26(23)20-11-7-4-8-12-20/h3-12,15,18,22-23H,13-14,16H2,1-2H3,(H,24,27)/t18-,22+/m1/s1. The van der Waals surface area contributed by atoms with Crippen molar-refractivity contribution in [3.8, 4) is 0 Å². The molecule has 1 saturated heterocycles. The first kappa shape index (κ1) is 19.3. The molecule has 0 spiro atoms. The van der Waals surface area contributed by atoms with E-state index in [0.717, 1.165) is 30.2 Å². The lowest BCUT2D eigenvalue weighted by Crippen LogP contribution is -2.47. The van der Waals surface area contributed by atoms with E-state index in [0.29, 0.717) is 6.42 Å². The summed E-state index contributed by atoms with van der Waals surface area (Å²) in [5.74, 6) is 0.737. The number of ether oxygens (including phenoxy) is 2. The SMILES string of the molecule is CO[C@@H]1C[C@H](NC(C)=O)C=C(C2N(c3ccccc3)CCN2c2ccccc2)O1. The summed E-state index contributed by atoms with van der Waals surface area (Å²) in [6.07, 6.45) is 2.10. The minimum atomic E-state index is -0.400. The van der Waals surface area contributed by atoms with Gasteiger partial charge in [0.15, 0.2) is 6.17 Å². The molecule has 1 amide bonds. The summed E-state index contributed by atoms with van der Waals surface area (Å²) in [6.45, 7) is 3.27. The third kappa shape index (κ3) is 4.22. The van der Waals surface area contributed by atoms with Crippen LogP contribution in [0.3, 0.4) is 0 Å². The molecular formula is C23H27N3O3. The van der Waals surface area contributed by atoms with Crippen LogP contribution in [0.25, 0.3) is 0 Å². The third-order valence-electron chi connectivity index (χ3n) is 5.33. The number of benzene rings is 2. The van der Waals surface area contributed by atoms with Gasteiger partial charge in [-0.3, -0.25) is 4.79 Å². The van der Waals surface area contributed by atoms with Gasteiger partial charge in [-0.25, -0.2) is 0 Å². The van der Waals surface area contributed by atoms with E-state index in [9.17, 15) is 4.79 Å². The zero-order chi connectivity index (χ0) is 20.2. The Morgan fingerprint density at radius 2 is 1.55 bits per heavy atom. The van der Waals surface area contributed by atoms with Crippen LogP contribution in [0.4, 0.5) is 11.4 Å². The molecule has 2 aliphatic rings. The Labute approximate surface area is 171 Å². The van der Waals surface area contributed by atoms with E-state index >= 15 is 0 Å². The zero-order valence-electron chi connectivity index (χ0n) is 16.8. The molecule has 0 saturated carbocycles. The molecule has 0 aromatic heterocycles. The molecule has 0 bridgehead atoms. The largest absolute Gasteiger partial charge is 0.465 e. The van der Waals surface area contributed by atoms with Gasteiger partial charge in [-0.05, 0) is 30.3 Å². The molecule has 2 aliphatic heterocycles. The van der Waals surface area contributed by atoms with Crippen molar-refractivity contribution in [3.05, 3.63) is 72.5 Å². The lowest BCUT2D eigenvalue weighted by atomic mass is 10.1. The summed E-state index contributed by atoms with van der Waals surface area (Å²) in [5.41, 5.74) is 2.27. The topological polar surface area (TPSA) is 54.0 Å². The minimum Gasteiger partial charge on any atom is -0.465 e. The number of nitrogens with zero attached hydrogens (tertiary/aromatic N) is 2. The molecule has 0 radical (unpaired) electrons. The maximum atomic E-state index is 11.7. The number of carbonyl (C=O) groups excluding carboxylic acids is 1. The first-order chi connectivity index (χ1) is 14.2. The van der Waals surface area contributed by atoms with Crippen LogP contribution in [0.15, 0.2) is 72.5 Å². The maximum absolute atomic E-state index is 11.7. The average molecular weight is 393 g/mol. The van der Waals surface area contributed by atoms with Crippen LogP contribution < -0.4 is 15.1 Å². The van der Waals surface area contributed by atoms with Gasteiger partial charge < -0.3 is 24.6 Å². The van der Waals surface area contributed by atoms with Crippen molar-refractivity contribution in [2.24, 2.45) is 0 Å². The monoisotopic (exact) mass is 393 g/mol. The summed E-state index contributed by atoms with van der Waals surface area (Å²) < 4.78 is 11.8. The van der Waals surface area contributed by atoms with Crippen molar-refractivity contribution >= 4 is 17.3 Å². The second kappa shape index (κ2) is 8.57. The van der Waals surface area contributed by atoms with Gasteiger partial charge in [-0.1, -0.05) is 36.4 Å². The van der Waals surface area contributed by atoms with E-state index < -0.39 is 6.29 Å². The summed E-state index contributed by atoms with van der Waals surface area (Å²) in [4.78, 5) is 16.3. The van der Waals surface area contributed by atoms with E-state index in [1.807, 2.05) is 42.5 Å². The molecule has 1 N–H and O–H groups in total. The fourth-order valence-electron chi connectivity index (χ4n) is 4.08. The summed E-state index contributed by atoms with van der Waals surface area (Å²) in [5, 5.41) is 3.00. The fourth-order valence-corrected chi connectivity index (χ4v) is 4.08. The van der Waals surface area contributed by atoms with Gasteiger partial charge in [0.2, 0.25) is 12.2 Å². The van der Waals surface area contributed by atoms with Crippen LogP contribution in [-0.2, 0) is 14.3 Å². The van der Waals surface area contributed by atoms with Crippen LogP contribution in [0.2, 0.25) is 0 Å². The van der Waals surface area contributed by atoms with Crippen molar-refractivity contribution in [3.63, 3.8) is 0 Å². The highest BCUT2D eigenvalue weighted by Crippen LogP contribution is 2.34. The van der Waals surface area contributed by atoms with E-state index in [2.05, 4.69) is 39.4 Å². The predicted octanol–water partition coefficient (Wildman–Crippen LogP) is 3.12. The molecule has 0 aliphatic carbocycles. The number of para-hydroxylation sites is 2. The quantitative estimate of drug-likeness (QED) is 0.846. The van der Waals surface area contributed by atoms with Crippen LogP contribution in [0.5, 0.6) is 0 Å². The van der Waals surface area contributed by atoms with Crippen LogP contribution in [0.1, 0.15) is 13.3 Å². The molecule has 1 fully saturated rings. The molecule has 2 atom stereocenters. The van der Waals surface area contributed by atoms with E-state index in [4.69, 9.17) is 9.47 Å². The van der Waals surface area contributed by atoms with Gasteiger partial charge >= 0.3 is 0 Å². The zero-order valence-corrected chi connectivity index (χ0v) is 16.8. The number of methoxy groups -OCH3 is 1. The first-order valence-corrected chi connectivity index (χ1v) is 9.97. The lowest BCUT2D eigenvalue weighted by Gasteiger charge is -2.38. The Hall–Kier alpha value is -2.99. The van der Waals surface area contributed by atoms with Gasteiger partial charge in [0.25, 0.3) is 0 Å². The molecular weight excluding hydrogens is 366 g/mol. The number of anilines is 2. The summed E-state index contributed by atoms with van der Waals surface area (Å²) in [6, 6.07) is 20.6. The predicted molar refractivity (Wildman–Crippen MR) is 114 cm³/mol. The van der Waals surface area contributed by atoms with Crippen LogP contribution in [0, 0.1) is 0 Å².